The van der Waals surface area contributed by atoms with Crippen molar-refractivity contribution in [1.29, 1.82) is 0 Å². The van der Waals surface area contributed by atoms with E-state index in [-0.39, 0.29) is 6.04 Å². The molecule has 0 radical (unpaired) electrons. The molecule has 4 nitrogen and oxygen atoms in total. The van der Waals surface area contributed by atoms with Crippen molar-refractivity contribution in [3.05, 3.63) is 63.7 Å². The molecule has 1 aromatic carbocycles. The van der Waals surface area contributed by atoms with Crippen LogP contribution in [0.15, 0.2) is 47.7 Å². The fourth-order valence-corrected chi connectivity index (χ4v) is 3.39. The maximum absolute atomic E-state index is 5.85. The Morgan fingerprint density at radius 2 is 2.05 bits per heavy atom. The van der Waals surface area contributed by atoms with Crippen LogP contribution in [0.2, 0.25) is 0 Å². The molecule has 0 aliphatic carbocycles. The van der Waals surface area contributed by atoms with E-state index in [0.717, 1.165) is 11.3 Å². The van der Waals surface area contributed by atoms with E-state index in [4.69, 9.17) is 15.3 Å². The second-order valence-electron chi connectivity index (χ2n) is 5.00. The van der Waals surface area contributed by atoms with Gasteiger partial charge in [-0.25, -0.2) is 0 Å². The quantitative estimate of drug-likeness (QED) is 0.941. The number of hydroxylamine groups is 2. The van der Waals surface area contributed by atoms with E-state index in [1.807, 2.05) is 35.4 Å². The lowest BCUT2D eigenvalue weighted by molar-refractivity contribution is -0.127. The lowest BCUT2D eigenvalue weighted by atomic mass is 10.1. The standard InChI is InChI=1S/C16H18N2O2S/c1-11-7-8-21-16(11)14-9-15(17)20-18(14)10-12-3-5-13(19-2)6-4-12/h3-9,14H,10,17H2,1-2H3. The van der Waals surface area contributed by atoms with Crippen LogP contribution in [0, 0.1) is 6.92 Å². The van der Waals surface area contributed by atoms with Gasteiger partial charge in [-0.15, -0.1) is 16.4 Å². The number of nitrogens with zero attached hydrogens (tertiary/aromatic N) is 1. The van der Waals surface area contributed by atoms with Gasteiger partial charge in [0, 0.05) is 11.0 Å². The summed E-state index contributed by atoms with van der Waals surface area (Å²) in [5.74, 6) is 1.31. The molecule has 5 heteroatoms. The first-order valence-electron chi connectivity index (χ1n) is 6.76. The SMILES string of the molecule is COc1ccc(CN2OC(N)=CC2c2sccc2C)cc1. The first kappa shape index (κ1) is 14.0. The number of methoxy groups -OCH3 is 1. The number of rotatable bonds is 4. The number of thiophene rings is 1. The third-order valence-corrected chi connectivity index (χ3v) is 4.61. The van der Waals surface area contributed by atoms with Crippen molar-refractivity contribution in [3.8, 4) is 5.75 Å². The largest absolute Gasteiger partial charge is 0.497 e. The van der Waals surface area contributed by atoms with Crippen LogP contribution in [-0.2, 0) is 11.4 Å². The molecule has 0 bridgehead atoms. The number of aryl methyl sites for hydroxylation is 1. The van der Waals surface area contributed by atoms with Gasteiger partial charge in [0.15, 0.2) is 0 Å². The molecule has 1 unspecified atom stereocenters. The Morgan fingerprint density at radius 3 is 2.67 bits per heavy atom. The highest BCUT2D eigenvalue weighted by Crippen LogP contribution is 2.35. The van der Waals surface area contributed by atoms with Gasteiger partial charge in [-0.05, 0) is 41.6 Å². The molecular formula is C16H18N2O2S. The van der Waals surface area contributed by atoms with E-state index >= 15 is 0 Å². The molecule has 0 saturated heterocycles. The van der Waals surface area contributed by atoms with Crippen LogP contribution in [0.5, 0.6) is 5.75 Å². The van der Waals surface area contributed by atoms with Crippen LogP contribution in [0.3, 0.4) is 0 Å². The Morgan fingerprint density at radius 1 is 1.29 bits per heavy atom. The average molecular weight is 302 g/mol. The minimum atomic E-state index is 0.0760. The smallest absolute Gasteiger partial charge is 0.207 e. The molecule has 1 atom stereocenters. The molecule has 1 aliphatic rings. The Balaban J connectivity index is 1.79. The highest BCUT2D eigenvalue weighted by molar-refractivity contribution is 7.10. The molecule has 0 fully saturated rings. The van der Waals surface area contributed by atoms with Crippen molar-refractivity contribution < 1.29 is 9.57 Å². The maximum Gasteiger partial charge on any atom is 0.207 e. The van der Waals surface area contributed by atoms with Crippen LogP contribution < -0.4 is 10.5 Å². The third kappa shape index (κ3) is 2.89. The number of nitrogens with two attached hydrogens (primary N) is 1. The summed E-state index contributed by atoms with van der Waals surface area (Å²) in [7, 11) is 1.67. The highest BCUT2D eigenvalue weighted by Gasteiger charge is 2.29. The zero-order chi connectivity index (χ0) is 14.8. The van der Waals surface area contributed by atoms with Crippen molar-refractivity contribution in [3.63, 3.8) is 0 Å². The van der Waals surface area contributed by atoms with E-state index in [0.29, 0.717) is 12.4 Å². The van der Waals surface area contributed by atoms with Gasteiger partial charge in [-0.3, -0.25) is 0 Å². The van der Waals surface area contributed by atoms with Gasteiger partial charge in [-0.1, -0.05) is 12.1 Å². The molecule has 2 heterocycles. The highest BCUT2D eigenvalue weighted by atomic mass is 32.1. The van der Waals surface area contributed by atoms with Gasteiger partial charge in [0.05, 0.1) is 13.7 Å². The Hall–Kier alpha value is -1.98. The lowest BCUT2D eigenvalue weighted by Crippen LogP contribution is -2.23. The van der Waals surface area contributed by atoms with Gasteiger partial charge >= 0.3 is 0 Å². The number of benzene rings is 1. The fourth-order valence-electron chi connectivity index (χ4n) is 2.40. The van der Waals surface area contributed by atoms with Gasteiger partial charge in [0.25, 0.3) is 0 Å². The van der Waals surface area contributed by atoms with Crippen LogP contribution in [0.1, 0.15) is 22.0 Å². The van der Waals surface area contributed by atoms with E-state index in [2.05, 4.69) is 18.4 Å². The normalized spacial score (nSPS) is 18.4. The molecule has 1 aliphatic heterocycles. The second-order valence-corrected chi connectivity index (χ2v) is 5.94. The Bertz CT molecular complexity index is 649. The Kier molecular flexibility index (Phi) is 3.86. The molecule has 0 saturated carbocycles. The Labute approximate surface area is 128 Å². The number of hydrogen-bond acceptors (Lipinski definition) is 5. The summed E-state index contributed by atoms with van der Waals surface area (Å²) in [5.41, 5.74) is 8.27. The van der Waals surface area contributed by atoms with Gasteiger partial charge in [0.1, 0.15) is 11.8 Å². The fraction of sp³-hybridized carbons (Fsp3) is 0.250. The maximum atomic E-state index is 5.85. The minimum Gasteiger partial charge on any atom is -0.497 e. The van der Waals surface area contributed by atoms with Crippen molar-refractivity contribution >= 4 is 11.3 Å². The first-order chi connectivity index (χ1) is 10.2. The summed E-state index contributed by atoms with van der Waals surface area (Å²) in [6.45, 7) is 2.78. The van der Waals surface area contributed by atoms with Crippen LogP contribution >= 0.6 is 11.3 Å². The molecule has 2 aromatic rings. The summed E-state index contributed by atoms with van der Waals surface area (Å²) in [6, 6.07) is 10.2. The summed E-state index contributed by atoms with van der Waals surface area (Å²) >= 11 is 1.73. The monoisotopic (exact) mass is 302 g/mol. The average Bonchev–Trinajstić information content (AvgIpc) is 3.05. The second kappa shape index (κ2) is 5.79. The number of hydrogen-bond donors (Lipinski definition) is 1. The summed E-state index contributed by atoms with van der Waals surface area (Å²) in [5, 5.41) is 4.01. The van der Waals surface area contributed by atoms with E-state index in [1.165, 1.54) is 10.4 Å². The van der Waals surface area contributed by atoms with Crippen molar-refractivity contribution in [1.82, 2.24) is 5.06 Å². The summed E-state index contributed by atoms with van der Waals surface area (Å²) in [6.07, 6.45) is 1.96. The molecular weight excluding hydrogens is 284 g/mol. The molecule has 1 aromatic heterocycles. The minimum absolute atomic E-state index is 0.0760. The molecule has 110 valence electrons. The van der Waals surface area contributed by atoms with E-state index in [1.54, 1.807) is 18.4 Å². The van der Waals surface area contributed by atoms with Gasteiger partial charge in [-0.2, -0.15) is 0 Å². The molecule has 0 amide bonds. The van der Waals surface area contributed by atoms with E-state index < -0.39 is 0 Å². The van der Waals surface area contributed by atoms with Crippen molar-refractivity contribution in [2.45, 2.75) is 19.5 Å². The van der Waals surface area contributed by atoms with Crippen LogP contribution in [-0.4, -0.2) is 12.2 Å². The summed E-state index contributed by atoms with van der Waals surface area (Å²) in [4.78, 5) is 6.93. The van der Waals surface area contributed by atoms with Crippen LogP contribution in [0.25, 0.3) is 0 Å². The predicted molar refractivity (Wildman–Crippen MR) is 83.7 cm³/mol. The third-order valence-electron chi connectivity index (χ3n) is 3.52. The molecule has 2 N–H and O–H groups in total. The summed E-state index contributed by atoms with van der Waals surface area (Å²) < 4.78 is 5.18. The molecule has 3 rings (SSSR count). The topological polar surface area (TPSA) is 47.7 Å². The zero-order valence-corrected chi connectivity index (χ0v) is 12.9. The first-order valence-corrected chi connectivity index (χ1v) is 7.64. The van der Waals surface area contributed by atoms with Crippen LogP contribution in [0.4, 0.5) is 0 Å². The molecule has 21 heavy (non-hydrogen) atoms. The van der Waals surface area contributed by atoms with Gasteiger partial charge in [0.2, 0.25) is 5.88 Å². The van der Waals surface area contributed by atoms with E-state index in [9.17, 15) is 0 Å². The van der Waals surface area contributed by atoms with Crippen molar-refractivity contribution in [2.75, 3.05) is 7.11 Å². The predicted octanol–water partition coefficient (Wildman–Crippen LogP) is 3.35. The zero-order valence-electron chi connectivity index (χ0n) is 12.1. The van der Waals surface area contributed by atoms with Gasteiger partial charge < -0.3 is 15.3 Å². The number of ether oxygens (including phenoxy) is 1. The van der Waals surface area contributed by atoms with Crippen molar-refractivity contribution in [2.24, 2.45) is 5.73 Å². The lowest BCUT2D eigenvalue weighted by Gasteiger charge is -2.22. The molecule has 0 spiro atoms.